The second-order valence-electron chi connectivity index (χ2n) is 2.91. The third kappa shape index (κ3) is 4.79. The van der Waals surface area contributed by atoms with E-state index in [1.165, 1.54) is 12.8 Å². The summed E-state index contributed by atoms with van der Waals surface area (Å²) in [7, 11) is 0. The average molecular weight is 158 g/mol. The molecule has 0 aliphatic carbocycles. The number of unbranched alkanes of at least 4 members (excludes halogenated alkanes) is 2. The molecule has 0 bridgehead atoms. The minimum atomic E-state index is -0.0545. The summed E-state index contributed by atoms with van der Waals surface area (Å²) < 4.78 is 0. The quantitative estimate of drug-likeness (QED) is 0.273. The van der Waals surface area contributed by atoms with Crippen LogP contribution < -0.4 is 11.3 Å². The molecular weight excluding hydrogens is 140 g/mol. The number of hydrazine groups is 1. The first-order chi connectivity index (χ1) is 5.22. The van der Waals surface area contributed by atoms with E-state index in [9.17, 15) is 4.79 Å². The van der Waals surface area contributed by atoms with E-state index in [4.69, 9.17) is 5.84 Å². The van der Waals surface area contributed by atoms with Crippen molar-refractivity contribution < 1.29 is 4.79 Å². The summed E-state index contributed by atoms with van der Waals surface area (Å²) in [4.78, 5) is 10.9. The monoisotopic (exact) mass is 158 g/mol. The molecule has 0 aromatic heterocycles. The number of nitrogens with one attached hydrogen (secondary N) is 1. The van der Waals surface area contributed by atoms with Crippen LogP contribution in [0.3, 0.4) is 0 Å². The maximum atomic E-state index is 10.9. The average Bonchev–Trinajstić information content (AvgIpc) is 2.03. The number of hydrogen-bond donors (Lipinski definition) is 2. The van der Waals surface area contributed by atoms with Crippen molar-refractivity contribution in [2.24, 2.45) is 11.8 Å². The van der Waals surface area contributed by atoms with Crippen LogP contribution in [0.2, 0.25) is 0 Å². The molecule has 0 aromatic rings. The number of hydrogen-bond acceptors (Lipinski definition) is 2. The van der Waals surface area contributed by atoms with Gasteiger partial charge >= 0.3 is 0 Å². The molecule has 3 N–H and O–H groups in total. The van der Waals surface area contributed by atoms with Crippen molar-refractivity contribution in [3.05, 3.63) is 0 Å². The number of rotatable bonds is 5. The Morgan fingerprint density at radius 3 is 2.64 bits per heavy atom. The largest absolute Gasteiger partial charge is 0.294 e. The van der Waals surface area contributed by atoms with Gasteiger partial charge in [-0.15, -0.1) is 0 Å². The molecule has 0 aliphatic heterocycles. The fourth-order valence-electron chi connectivity index (χ4n) is 0.974. The predicted octanol–water partition coefficient (Wildman–Crippen LogP) is 1.19. The highest BCUT2D eigenvalue weighted by Gasteiger charge is 2.09. The van der Waals surface area contributed by atoms with Gasteiger partial charge in [0, 0.05) is 5.92 Å². The Hall–Kier alpha value is -0.570. The molecular formula is C8H18N2O. The molecule has 0 radical (unpaired) electrons. The minimum absolute atomic E-state index is 0.0545. The number of nitrogens with two attached hydrogens (primary N) is 1. The lowest BCUT2D eigenvalue weighted by Gasteiger charge is -2.07. The van der Waals surface area contributed by atoms with Gasteiger partial charge in [-0.25, -0.2) is 5.84 Å². The summed E-state index contributed by atoms with van der Waals surface area (Å²) in [6.07, 6.45) is 4.45. The molecule has 66 valence electrons. The van der Waals surface area contributed by atoms with E-state index in [0.29, 0.717) is 0 Å². The van der Waals surface area contributed by atoms with Crippen LogP contribution in [0, 0.1) is 5.92 Å². The van der Waals surface area contributed by atoms with Crippen molar-refractivity contribution >= 4 is 5.91 Å². The molecule has 0 saturated carbocycles. The zero-order valence-corrected chi connectivity index (χ0v) is 7.39. The fourth-order valence-corrected chi connectivity index (χ4v) is 0.974. The van der Waals surface area contributed by atoms with E-state index in [1.54, 1.807) is 0 Å². The molecule has 0 heterocycles. The van der Waals surface area contributed by atoms with E-state index in [-0.39, 0.29) is 11.8 Å². The van der Waals surface area contributed by atoms with Crippen LogP contribution in [0.5, 0.6) is 0 Å². The summed E-state index contributed by atoms with van der Waals surface area (Å²) in [6.45, 7) is 4.05. The van der Waals surface area contributed by atoms with E-state index in [0.717, 1.165) is 12.8 Å². The highest BCUT2D eigenvalue weighted by atomic mass is 16.2. The zero-order chi connectivity index (χ0) is 8.69. The summed E-state index contributed by atoms with van der Waals surface area (Å²) in [6, 6.07) is 0. The van der Waals surface area contributed by atoms with Crippen LogP contribution in [0.4, 0.5) is 0 Å². The first-order valence-electron chi connectivity index (χ1n) is 4.22. The van der Waals surface area contributed by atoms with Crippen molar-refractivity contribution in [3.8, 4) is 0 Å². The highest BCUT2D eigenvalue weighted by molar-refractivity contribution is 5.77. The standard InChI is InChI=1S/C8H18N2O/c1-3-4-5-6-7(2)8(11)10-9/h7H,3-6,9H2,1-2H3,(H,10,11). The van der Waals surface area contributed by atoms with Gasteiger partial charge in [0.15, 0.2) is 0 Å². The molecule has 0 saturated heterocycles. The van der Waals surface area contributed by atoms with E-state index in [1.807, 2.05) is 6.92 Å². The molecule has 0 fully saturated rings. The van der Waals surface area contributed by atoms with Crippen molar-refractivity contribution in [1.29, 1.82) is 0 Å². The fraction of sp³-hybridized carbons (Fsp3) is 0.875. The Kier molecular flexibility index (Phi) is 5.84. The second kappa shape index (κ2) is 6.16. The van der Waals surface area contributed by atoms with Gasteiger partial charge in [-0.05, 0) is 6.42 Å². The number of amides is 1. The van der Waals surface area contributed by atoms with E-state index >= 15 is 0 Å². The van der Waals surface area contributed by atoms with E-state index in [2.05, 4.69) is 12.3 Å². The Balaban J connectivity index is 3.36. The molecule has 3 nitrogen and oxygen atoms in total. The highest BCUT2D eigenvalue weighted by Crippen LogP contribution is 2.08. The molecule has 0 aliphatic rings. The van der Waals surface area contributed by atoms with Gasteiger partial charge in [-0.3, -0.25) is 10.2 Å². The summed E-state index contributed by atoms with van der Waals surface area (Å²) >= 11 is 0. The first kappa shape index (κ1) is 10.4. The van der Waals surface area contributed by atoms with E-state index < -0.39 is 0 Å². The summed E-state index contributed by atoms with van der Waals surface area (Å²) in [5.74, 6) is 4.98. The Morgan fingerprint density at radius 2 is 2.18 bits per heavy atom. The minimum Gasteiger partial charge on any atom is -0.294 e. The van der Waals surface area contributed by atoms with Gasteiger partial charge in [-0.1, -0.05) is 33.1 Å². The lowest BCUT2D eigenvalue weighted by molar-refractivity contribution is -0.124. The molecule has 0 rings (SSSR count). The molecule has 3 heteroatoms. The first-order valence-corrected chi connectivity index (χ1v) is 4.22. The normalized spacial score (nSPS) is 12.6. The van der Waals surface area contributed by atoms with Crippen LogP contribution in [-0.4, -0.2) is 5.91 Å². The Labute approximate surface area is 68.3 Å². The molecule has 1 atom stereocenters. The predicted molar refractivity (Wildman–Crippen MR) is 45.6 cm³/mol. The van der Waals surface area contributed by atoms with Gasteiger partial charge in [0.05, 0.1) is 0 Å². The van der Waals surface area contributed by atoms with Crippen molar-refractivity contribution in [2.75, 3.05) is 0 Å². The van der Waals surface area contributed by atoms with Crippen LogP contribution >= 0.6 is 0 Å². The smallest absolute Gasteiger partial charge is 0.236 e. The lowest BCUT2D eigenvalue weighted by atomic mass is 10.0. The number of carbonyl (C=O) groups is 1. The summed E-state index contributed by atoms with van der Waals surface area (Å²) in [5, 5.41) is 0. The van der Waals surface area contributed by atoms with Crippen LogP contribution in [0.15, 0.2) is 0 Å². The zero-order valence-electron chi connectivity index (χ0n) is 7.39. The topological polar surface area (TPSA) is 55.1 Å². The van der Waals surface area contributed by atoms with Gasteiger partial charge < -0.3 is 0 Å². The summed E-state index contributed by atoms with van der Waals surface area (Å²) in [5.41, 5.74) is 2.15. The third-order valence-corrected chi connectivity index (χ3v) is 1.83. The Morgan fingerprint density at radius 1 is 1.55 bits per heavy atom. The van der Waals surface area contributed by atoms with Gasteiger partial charge in [0.1, 0.15) is 0 Å². The van der Waals surface area contributed by atoms with Gasteiger partial charge in [0.2, 0.25) is 5.91 Å². The Bertz CT molecular complexity index is 115. The second-order valence-corrected chi connectivity index (χ2v) is 2.91. The molecule has 0 aromatic carbocycles. The van der Waals surface area contributed by atoms with Crippen LogP contribution in [0.1, 0.15) is 39.5 Å². The number of carbonyl (C=O) groups excluding carboxylic acids is 1. The van der Waals surface area contributed by atoms with Gasteiger partial charge in [0.25, 0.3) is 0 Å². The van der Waals surface area contributed by atoms with Crippen LogP contribution in [0.25, 0.3) is 0 Å². The molecule has 0 spiro atoms. The molecule has 1 amide bonds. The van der Waals surface area contributed by atoms with Crippen molar-refractivity contribution in [3.63, 3.8) is 0 Å². The maximum absolute atomic E-state index is 10.9. The van der Waals surface area contributed by atoms with Crippen molar-refractivity contribution in [1.82, 2.24) is 5.43 Å². The SMILES string of the molecule is CCCCCC(C)C(=O)NN. The third-order valence-electron chi connectivity index (χ3n) is 1.83. The van der Waals surface area contributed by atoms with Crippen LogP contribution in [-0.2, 0) is 4.79 Å². The lowest BCUT2D eigenvalue weighted by Crippen LogP contribution is -2.34. The van der Waals surface area contributed by atoms with Crippen molar-refractivity contribution in [2.45, 2.75) is 39.5 Å². The maximum Gasteiger partial charge on any atom is 0.236 e. The van der Waals surface area contributed by atoms with Gasteiger partial charge in [-0.2, -0.15) is 0 Å². The molecule has 1 unspecified atom stereocenters. The molecule has 11 heavy (non-hydrogen) atoms.